The molecule has 1 aliphatic carbocycles. The van der Waals surface area contributed by atoms with Crippen LogP contribution >= 0.6 is 0 Å². The highest BCUT2D eigenvalue weighted by Crippen LogP contribution is 2.47. The molecule has 2 unspecified atom stereocenters. The van der Waals surface area contributed by atoms with Crippen molar-refractivity contribution >= 4 is 11.9 Å². The average Bonchev–Trinajstić information content (AvgIpc) is 3.18. The molecular formula is C14H15F2NO3. The van der Waals surface area contributed by atoms with Gasteiger partial charge in [-0.2, -0.15) is 0 Å². The number of carboxylic acids is 1. The van der Waals surface area contributed by atoms with Crippen LogP contribution in [0.15, 0.2) is 18.2 Å². The van der Waals surface area contributed by atoms with Crippen LogP contribution < -0.4 is 5.32 Å². The summed E-state index contributed by atoms with van der Waals surface area (Å²) in [6.45, 7) is 0.312. The lowest BCUT2D eigenvalue weighted by Crippen LogP contribution is -2.26. The smallest absolute Gasteiger partial charge is 0.303 e. The number of carbonyl (C=O) groups is 2. The molecule has 4 nitrogen and oxygen atoms in total. The highest BCUT2D eigenvalue weighted by atomic mass is 19.2. The van der Waals surface area contributed by atoms with Gasteiger partial charge in [0, 0.05) is 18.9 Å². The van der Waals surface area contributed by atoms with Crippen molar-refractivity contribution in [2.75, 3.05) is 6.54 Å². The summed E-state index contributed by atoms with van der Waals surface area (Å²) in [6.07, 6.45) is 0.997. The molecule has 108 valence electrons. The maximum atomic E-state index is 13.1. The minimum atomic E-state index is -0.907. The van der Waals surface area contributed by atoms with Gasteiger partial charge < -0.3 is 10.4 Å². The molecule has 2 N–H and O–H groups in total. The van der Waals surface area contributed by atoms with E-state index >= 15 is 0 Å². The Kier molecular flexibility index (Phi) is 4.32. The molecule has 0 spiro atoms. The third kappa shape index (κ3) is 3.53. The topological polar surface area (TPSA) is 66.4 Å². The van der Waals surface area contributed by atoms with Gasteiger partial charge >= 0.3 is 5.97 Å². The summed E-state index contributed by atoms with van der Waals surface area (Å²) in [6, 6.07) is 3.67. The normalized spacial score (nSPS) is 20.5. The minimum absolute atomic E-state index is 0.0115. The van der Waals surface area contributed by atoms with E-state index in [0.717, 1.165) is 12.1 Å². The zero-order valence-corrected chi connectivity index (χ0v) is 10.7. The summed E-state index contributed by atoms with van der Waals surface area (Å²) in [4.78, 5) is 22.1. The van der Waals surface area contributed by atoms with Crippen molar-refractivity contribution < 1.29 is 23.5 Å². The van der Waals surface area contributed by atoms with Crippen LogP contribution in [-0.4, -0.2) is 23.5 Å². The van der Waals surface area contributed by atoms with Crippen LogP contribution in [0.3, 0.4) is 0 Å². The lowest BCUT2D eigenvalue weighted by molar-refractivity contribution is -0.137. The van der Waals surface area contributed by atoms with E-state index in [2.05, 4.69) is 5.32 Å². The second-order valence-corrected chi connectivity index (χ2v) is 4.91. The van der Waals surface area contributed by atoms with Crippen LogP contribution in [0.25, 0.3) is 0 Å². The third-order valence-electron chi connectivity index (χ3n) is 3.37. The predicted molar refractivity (Wildman–Crippen MR) is 67.1 cm³/mol. The van der Waals surface area contributed by atoms with E-state index in [9.17, 15) is 18.4 Å². The number of amides is 1. The number of hydrogen-bond acceptors (Lipinski definition) is 2. The summed E-state index contributed by atoms with van der Waals surface area (Å²) < 4.78 is 25.9. The number of nitrogens with one attached hydrogen (secondary N) is 1. The predicted octanol–water partition coefficient (Wildman–Crippen LogP) is 2.05. The van der Waals surface area contributed by atoms with Crippen LogP contribution in [0.2, 0.25) is 0 Å². The number of halogens is 2. The van der Waals surface area contributed by atoms with Gasteiger partial charge in [0.2, 0.25) is 5.91 Å². The highest BCUT2D eigenvalue weighted by Gasteiger charge is 2.43. The van der Waals surface area contributed by atoms with Crippen molar-refractivity contribution in [3.05, 3.63) is 35.4 Å². The molecule has 0 saturated heterocycles. The van der Waals surface area contributed by atoms with Crippen LogP contribution in [0, 0.1) is 17.6 Å². The fourth-order valence-electron chi connectivity index (χ4n) is 2.18. The molecular weight excluding hydrogens is 268 g/mol. The lowest BCUT2D eigenvalue weighted by atomic mass is 10.1. The zero-order chi connectivity index (χ0) is 14.7. The number of carbonyl (C=O) groups excluding carboxylic acids is 1. The quantitative estimate of drug-likeness (QED) is 0.785. The molecule has 0 aromatic heterocycles. The molecule has 2 rings (SSSR count). The fraction of sp³-hybridized carbons (Fsp3) is 0.429. The zero-order valence-electron chi connectivity index (χ0n) is 10.7. The molecule has 1 amide bonds. The Morgan fingerprint density at radius 1 is 1.30 bits per heavy atom. The first-order valence-electron chi connectivity index (χ1n) is 6.43. The second kappa shape index (κ2) is 5.98. The first-order chi connectivity index (χ1) is 9.49. The molecule has 1 aromatic rings. The van der Waals surface area contributed by atoms with E-state index in [0.29, 0.717) is 24.9 Å². The Hall–Kier alpha value is -1.98. The highest BCUT2D eigenvalue weighted by molar-refractivity contribution is 5.82. The summed E-state index contributed by atoms with van der Waals surface area (Å²) in [7, 11) is 0. The van der Waals surface area contributed by atoms with E-state index in [1.165, 1.54) is 6.07 Å². The van der Waals surface area contributed by atoms with Gasteiger partial charge in [0.15, 0.2) is 11.6 Å². The van der Waals surface area contributed by atoms with Crippen molar-refractivity contribution in [3.63, 3.8) is 0 Å². The van der Waals surface area contributed by atoms with E-state index in [4.69, 9.17) is 5.11 Å². The van der Waals surface area contributed by atoms with Crippen molar-refractivity contribution in [1.29, 1.82) is 0 Å². The van der Waals surface area contributed by atoms with Crippen LogP contribution in [0.4, 0.5) is 8.78 Å². The van der Waals surface area contributed by atoms with Gasteiger partial charge in [-0.3, -0.25) is 9.59 Å². The molecule has 0 aliphatic heterocycles. The molecule has 1 aromatic carbocycles. The maximum absolute atomic E-state index is 13.1. The average molecular weight is 283 g/mol. The van der Waals surface area contributed by atoms with Gasteiger partial charge in [-0.25, -0.2) is 8.78 Å². The van der Waals surface area contributed by atoms with E-state index in [1.54, 1.807) is 0 Å². The van der Waals surface area contributed by atoms with Crippen LogP contribution in [0.5, 0.6) is 0 Å². The van der Waals surface area contributed by atoms with Crippen molar-refractivity contribution in [3.8, 4) is 0 Å². The summed E-state index contributed by atoms with van der Waals surface area (Å²) in [5.41, 5.74) is 0.620. The Labute approximate surface area is 114 Å². The fourth-order valence-corrected chi connectivity index (χ4v) is 2.18. The van der Waals surface area contributed by atoms with Gasteiger partial charge in [0.25, 0.3) is 0 Å². The van der Waals surface area contributed by atoms with Crippen molar-refractivity contribution in [1.82, 2.24) is 5.32 Å². The molecule has 0 radical (unpaired) electrons. The number of benzene rings is 1. The molecule has 6 heteroatoms. The maximum Gasteiger partial charge on any atom is 0.303 e. The first kappa shape index (κ1) is 14.4. The lowest BCUT2D eigenvalue weighted by Gasteiger charge is -2.04. The summed E-state index contributed by atoms with van der Waals surface area (Å²) in [5.74, 6) is -3.18. The molecule has 1 saturated carbocycles. The van der Waals surface area contributed by atoms with Crippen molar-refractivity contribution in [2.24, 2.45) is 5.92 Å². The van der Waals surface area contributed by atoms with Gasteiger partial charge in [-0.15, -0.1) is 0 Å². The SMILES string of the molecule is O=C(O)CCCNC(=O)C1CC1c1ccc(F)c(F)c1. The molecule has 0 heterocycles. The third-order valence-corrected chi connectivity index (χ3v) is 3.37. The van der Waals surface area contributed by atoms with E-state index in [-0.39, 0.29) is 24.2 Å². The Balaban J connectivity index is 1.80. The second-order valence-electron chi connectivity index (χ2n) is 4.91. The number of rotatable bonds is 6. The largest absolute Gasteiger partial charge is 0.481 e. The molecule has 20 heavy (non-hydrogen) atoms. The molecule has 1 fully saturated rings. The van der Waals surface area contributed by atoms with Crippen LogP contribution in [0.1, 0.15) is 30.7 Å². The van der Waals surface area contributed by atoms with Gasteiger partial charge in [-0.05, 0) is 36.5 Å². The Morgan fingerprint density at radius 3 is 2.70 bits per heavy atom. The standard InChI is InChI=1S/C14H15F2NO3/c15-11-4-3-8(6-12(11)16)9-7-10(9)14(20)17-5-1-2-13(18)19/h3-4,6,9-10H,1-2,5,7H2,(H,17,20)(H,18,19). The monoisotopic (exact) mass is 283 g/mol. The van der Waals surface area contributed by atoms with E-state index in [1.807, 2.05) is 0 Å². The van der Waals surface area contributed by atoms with Gasteiger partial charge in [0.1, 0.15) is 0 Å². The minimum Gasteiger partial charge on any atom is -0.481 e. The number of hydrogen-bond donors (Lipinski definition) is 2. The first-order valence-corrected chi connectivity index (χ1v) is 6.43. The number of carboxylic acid groups (broad SMARTS) is 1. The molecule has 0 bridgehead atoms. The molecule has 2 atom stereocenters. The summed E-state index contributed by atoms with van der Waals surface area (Å²) in [5, 5.41) is 11.1. The Morgan fingerprint density at radius 2 is 2.05 bits per heavy atom. The molecule has 1 aliphatic rings. The van der Waals surface area contributed by atoms with Crippen LogP contribution in [-0.2, 0) is 9.59 Å². The summed E-state index contributed by atoms with van der Waals surface area (Å²) >= 11 is 0. The van der Waals surface area contributed by atoms with Crippen molar-refractivity contribution in [2.45, 2.75) is 25.2 Å². The van der Waals surface area contributed by atoms with E-state index < -0.39 is 17.6 Å². The van der Waals surface area contributed by atoms with Gasteiger partial charge in [0.05, 0.1) is 0 Å². The Bertz CT molecular complexity index is 533. The number of aliphatic carboxylic acids is 1. The van der Waals surface area contributed by atoms with Gasteiger partial charge in [-0.1, -0.05) is 6.07 Å².